The molecule has 2 amide bonds. The number of methoxy groups -OCH3 is 1. The fraction of sp³-hybridized carbons (Fsp3) is 0.333. The lowest BCUT2D eigenvalue weighted by Gasteiger charge is -2.15. The van der Waals surface area contributed by atoms with Gasteiger partial charge in [0.15, 0.2) is 5.65 Å². The summed E-state index contributed by atoms with van der Waals surface area (Å²) in [5.41, 5.74) is 7.33. The largest absolute Gasteiger partial charge is 0.480 e. The molecule has 5 heterocycles. The minimum atomic E-state index is 0.0835. The molecule has 14 heteroatoms. The number of halogens is 2. The molecule has 2 atom stereocenters. The van der Waals surface area contributed by atoms with Crippen LogP contribution in [0.25, 0.3) is 44.8 Å². The number of carbonyl (C=O) groups is 2. The van der Waals surface area contributed by atoms with Gasteiger partial charge in [-0.2, -0.15) is 0 Å². The third-order valence-corrected chi connectivity index (χ3v) is 9.96. The first-order valence-corrected chi connectivity index (χ1v) is 17.3. The summed E-state index contributed by atoms with van der Waals surface area (Å²) in [6.45, 7) is 2.39. The highest BCUT2D eigenvalue weighted by molar-refractivity contribution is 6.39. The Kier molecular flexibility index (Phi) is 9.95. The lowest BCUT2D eigenvalue weighted by Crippen LogP contribution is -2.35. The van der Waals surface area contributed by atoms with Gasteiger partial charge in [-0.25, -0.2) is 9.97 Å². The molecule has 0 bridgehead atoms. The molecule has 0 saturated carbocycles. The zero-order valence-corrected chi connectivity index (χ0v) is 29.2. The van der Waals surface area contributed by atoms with Crippen molar-refractivity contribution >= 4 is 46.2 Å². The van der Waals surface area contributed by atoms with Crippen molar-refractivity contribution in [3.63, 3.8) is 0 Å². The first kappa shape index (κ1) is 33.9. The highest BCUT2D eigenvalue weighted by Gasteiger charge is 2.23. The monoisotopic (exact) mass is 713 g/mol. The van der Waals surface area contributed by atoms with Gasteiger partial charge < -0.3 is 30.6 Å². The highest BCUT2D eigenvalue weighted by Crippen LogP contribution is 2.42. The minimum Gasteiger partial charge on any atom is -0.480 e. The van der Waals surface area contributed by atoms with Gasteiger partial charge in [0.2, 0.25) is 17.7 Å². The van der Waals surface area contributed by atoms with E-state index in [-0.39, 0.29) is 23.9 Å². The summed E-state index contributed by atoms with van der Waals surface area (Å²) in [6, 6.07) is 11.8. The Labute approximate surface area is 299 Å². The molecular weight excluding hydrogens is 677 g/mol. The number of amides is 2. The number of nitrogens with one attached hydrogen (secondary N) is 4. The summed E-state index contributed by atoms with van der Waals surface area (Å²) in [4.78, 5) is 42.2. The molecule has 0 spiro atoms. The van der Waals surface area contributed by atoms with Crippen molar-refractivity contribution in [1.82, 2.24) is 45.8 Å². The van der Waals surface area contributed by atoms with Crippen LogP contribution < -0.4 is 26.0 Å². The predicted octanol–water partition coefficient (Wildman–Crippen LogP) is 4.81. The SMILES string of the molecule is COc1nc(-c2cccc(-c3cccc(-c4cnc5c(CNC[C@@H]6CCC(=O)N6)cn(C)c5n4)c3Cl)c2Cl)cnc1CNC[C@H]1CCC(=O)N1. The quantitative estimate of drug-likeness (QED) is 0.143. The van der Waals surface area contributed by atoms with E-state index in [1.54, 1.807) is 19.5 Å². The lowest BCUT2D eigenvalue weighted by molar-refractivity contribution is -0.120. The number of carbonyl (C=O) groups excluding carboxylic acids is 2. The summed E-state index contributed by atoms with van der Waals surface area (Å²) in [7, 11) is 3.51. The Hall–Kier alpha value is -4.62. The zero-order chi connectivity index (χ0) is 34.8. The van der Waals surface area contributed by atoms with E-state index in [0.717, 1.165) is 46.3 Å². The van der Waals surface area contributed by atoms with Crippen LogP contribution >= 0.6 is 23.2 Å². The van der Waals surface area contributed by atoms with E-state index >= 15 is 0 Å². The van der Waals surface area contributed by atoms with E-state index in [2.05, 4.69) is 26.3 Å². The highest BCUT2D eigenvalue weighted by atomic mass is 35.5. The Bertz CT molecular complexity index is 2090. The number of hydrogen-bond acceptors (Lipinski definition) is 9. The maximum atomic E-state index is 11.5. The van der Waals surface area contributed by atoms with E-state index in [9.17, 15) is 9.59 Å². The van der Waals surface area contributed by atoms with Crippen LogP contribution in [0.1, 0.15) is 36.9 Å². The molecule has 7 rings (SSSR count). The number of hydrogen-bond donors (Lipinski definition) is 4. The standard InChI is InChI=1S/C36H37Cl2N9O3/c1-47-19-20(13-39-14-21-9-11-30(48)43-21)34-35(47)45-27(18-42-34)25-7-3-5-23(32(25)37)24-6-4-8-26(33(24)38)28-17-41-29(36(46-28)50-2)16-40-15-22-10-12-31(49)44-22/h3-8,17-19,21-22,39-40H,9-16H2,1-2H3,(H,43,48)(H,44,49)/t21-,22+/m0/s1. The number of ether oxygens (including phenoxy) is 1. The van der Waals surface area contributed by atoms with E-state index in [0.29, 0.717) is 77.6 Å². The molecule has 2 aliphatic heterocycles. The summed E-state index contributed by atoms with van der Waals surface area (Å²) in [5.74, 6) is 0.583. The second kappa shape index (κ2) is 14.7. The van der Waals surface area contributed by atoms with Crippen molar-refractivity contribution in [1.29, 1.82) is 0 Å². The average molecular weight is 715 g/mol. The Morgan fingerprint density at radius 2 is 1.38 bits per heavy atom. The van der Waals surface area contributed by atoms with Gasteiger partial charge in [-0.1, -0.05) is 59.6 Å². The van der Waals surface area contributed by atoms with Crippen LogP contribution in [0.15, 0.2) is 55.0 Å². The molecule has 2 aromatic carbocycles. The van der Waals surface area contributed by atoms with Crippen molar-refractivity contribution in [3.8, 4) is 39.5 Å². The molecule has 3 aromatic heterocycles. The number of nitrogens with zero attached hydrogens (tertiary/aromatic N) is 5. The van der Waals surface area contributed by atoms with Gasteiger partial charge in [-0.15, -0.1) is 0 Å². The molecule has 2 aliphatic rings. The van der Waals surface area contributed by atoms with Crippen molar-refractivity contribution in [2.45, 2.75) is 50.9 Å². The topological polar surface area (TPSA) is 148 Å². The van der Waals surface area contributed by atoms with Crippen molar-refractivity contribution < 1.29 is 14.3 Å². The second-order valence-electron chi connectivity index (χ2n) is 12.6. The molecular formula is C36H37Cl2N9O3. The van der Waals surface area contributed by atoms with E-state index in [1.165, 1.54) is 0 Å². The number of aromatic nitrogens is 5. The number of rotatable bonds is 12. The maximum absolute atomic E-state index is 11.5. The van der Waals surface area contributed by atoms with E-state index in [1.807, 2.05) is 54.2 Å². The first-order chi connectivity index (χ1) is 24.3. The second-order valence-corrected chi connectivity index (χ2v) is 13.4. The molecule has 0 radical (unpaired) electrons. The van der Waals surface area contributed by atoms with Crippen LogP contribution in [0, 0.1) is 0 Å². The van der Waals surface area contributed by atoms with Crippen LogP contribution in [0.3, 0.4) is 0 Å². The van der Waals surface area contributed by atoms with Gasteiger partial charge >= 0.3 is 0 Å². The maximum Gasteiger partial charge on any atom is 0.237 e. The van der Waals surface area contributed by atoms with Crippen LogP contribution in [0.2, 0.25) is 10.0 Å². The normalized spacial score (nSPS) is 17.4. The van der Waals surface area contributed by atoms with Gasteiger partial charge in [0.1, 0.15) is 11.2 Å². The van der Waals surface area contributed by atoms with Crippen molar-refractivity contribution in [2.75, 3.05) is 20.2 Å². The smallest absolute Gasteiger partial charge is 0.237 e. The van der Waals surface area contributed by atoms with Gasteiger partial charge in [-0.3, -0.25) is 19.6 Å². The molecule has 2 saturated heterocycles. The molecule has 5 aromatic rings. The third kappa shape index (κ3) is 7.02. The number of fused-ring (bicyclic) bond motifs is 1. The van der Waals surface area contributed by atoms with Crippen LogP contribution in [0.5, 0.6) is 5.88 Å². The predicted molar refractivity (Wildman–Crippen MR) is 193 cm³/mol. The molecule has 0 aliphatic carbocycles. The average Bonchev–Trinajstić information content (AvgIpc) is 3.83. The van der Waals surface area contributed by atoms with Crippen molar-refractivity contribution in [3.05, 3.63) is 76.3 Å². The molecule has 4 N–H and O–H groups in total. The Morgan fingerprint density at radius 3 is 1.96 bits per heavy atom. The summed E-state index contributed by atoms with van der Waals surface area (Å²) in [5, 5.41) is 13.7. The molecule has 2 fully saturated rings. The Balaban J connectivity index is 1.11. The van der Waals surface area contributed by atoms with Crippen LogP contribution in [-0.2, 0) is 29.7 Å². The fourth-order valence-electron chi connectivity index (χ4n) is 6.56. The number of aryl methyl sites for hydroxylation is 1. The lowest BCUT2D eigenvalue weighted by atomic mass is 9.98. The van der Waals surface area contributed by atoms with E-state index < -0.39 is 0 Å². The van der Waals surface area contributed by atoms with E-state index in [4.69, 9.17) is 42.9 Å². The molecule has 50 heavy (non-hydrogen) atoms. The summed E-state index contributed by atoms with van der Waals surface area (Å²) < 4.78 is 7.55. The minimum absolute atomic E-state index is 0.0835. The van der Waals surface area contributed by atoms with Gasteiger partial charge in [-0.05, 0) is 12.8 Å². The third-order valence-electron chi connectivity index (χ3n) is 9.15. The van der Waals surface area contributed by atoms with Crippen LogP contribution in [0.4, 0.5) is 0 Å². The van der Waals surface area contributed by atoms with Gasteiger partial charge in [0, 0.05) is 92.2 Å². The molecule has 0 unspecified atom stereocenters. The summed E-state index contributed by atoms with van der Waals surface area (Å²) in [6.07, 6.45) is 8.25. The first-order valence-electron chi connectivity index (χ1n) is 16.6. The molecule has 12 nitrogen and oxygen atoms in total. The fourth-order valence-corrected chi connectivity index (χ4v) is 7.21. The van der Waals surface area contributed by atoms with Gasteiger partial charge in [0.05, 0.1) is 40.9 Å². The Morgan fingerprint density at radius 1 is 0.820 bits per heavy atom. The summed E-state index contributed by atoms with van der Waals surface area (Å²) >= 11 is 14.2. The zero-order valence-electron chi connectivity index (χ0n) is 27.7. The van der Waals surface area contributed by atoms with Crippen molar-refractivity contribution in [2.24, 2.45) is 7.05 Å². The van der Waals surface area contributed by atoms with Crippen LogP contribution in [-0.4, -0.2) is 68.6 Å². The number of benzene rings is 2. The van der Waals surface area contributed by atoms with Gasteiger partial charge in [0.25, 0.3) is 0 Å². The molecule has 258 valence electrons.